The van der Waals surface area contributed by atoms with Crippen LogP contribution in [-0.4, -0.2) is 19.8 Å². The second-order valence-electron chi connectivity index (χ2n) is 4.67. The first-order chi connectivity index (χ1) is 9.92. The lowest BCUT2D eigenvalue weighted by Gasteiger charge is -2.15. The molecule has 1 aromatic carbocycles. The van der Waals surface area contributed by atoms with Gasteiger partial charge in [0.15, 0.2) is 0 Å². The van der Waals surface area contributed by atoms with Crippen LogP contribution in [0.5, 0.6) is 11.5 Å². The van der Waals surface area contributed by atoms with Gasteiger partial charge in [-0.3, -0.25) is 0 Å². The lowest BCUT2D eigenvalue weighted by atomic mass is 10.1. The molecule has 0 fully saturated rings. The van der Waals surface area contributed by atoms with Gasteiger partial charge in [0.25, 0.3) is 0 Å². The van der Waals surface area contributed by atoms with Crippen molar-refractivity contribution < 1.29 is 27.0 Å². The number of halogens is 4. The molecule has 0 radical (unpaired) electrons. The maximum Gasteiger partial charge on any atom is 0.387 e. The van der Waals surface area contributed by atoms with Crippen LogP contribution in [0.1, 0.15) is 25.8 Å². The first kappa shape index (κ1) is 17.6. The number of benzene rings is 1. The van der Waals surface area contributed by atoms with Crippen LogP contribution >= 0.6 is 0 Å². The van der Waals surface area contributed by atoms with Crippen molar-refractivity contribution in [2.24, 2.45) is 5.92 Å². The molecule has 0 spiro atoms. The summed E-state index contributed by atoms with van der Waals surface area (Å²) in [7, 11) is 0. The smallest absolute Gasteiger partial charge is 0.387 e. The Morgan fingerprint density at radius 1 is 1.10 bits per heavy atom. The van der Waals surface area contributed by atoms with Gasteiger partial charge in [-0.15, -0.1) is 0 Å². The first-order valence-corrected chi connectivity index (χ1v) is 6.65. The van der Waals surface area contributed by atoms with Crippen molar-refractivity contribution in [1.29, 1.82) is 0 Å². The first-order valence-electron chi connectivity index (χ1n) is 6.65. The van der Waals surface area contributed by atoms with Crippen molar-refractivity contribution in [3.05, 3.63) is 23.8 Å². The van der Waals surface area contributed by atoms with Crippen molar-refractivity contribution in [2.45, 2.75) is 40.0 Å². The summed E-state index contributed by atoms with van der Waals surface area (Å²) in [5.74, 6) is 0.0667. The second kappa shape index (κ2) is 8.71. The van der Waals surface area contributed by atoms with Crippen LogP contribution < -0.4 is 14.8 Å². The monoisotopic (exact) mass is 309 g/mol. The number of ether oxygens (including phenoxy) is 2. The topological polar surface area (TPSA) is 30.5 Å². The lowest BCUT2D eigenvalue weighted by Crippen LogP contribution is -2.21. The number of nitrogens with one attached hydrogen (secondary N) is 1. The molecule has 1 atom stereocenters. The minimum absolute atomic E-state index is 0.167. The van der Waals surface area contributed by atoms with Crippen LogP contribution in [0.3, 0.4) is 0 Å². The molecule has 7 heteroatoms. The zero-order valence-electron chi connectivity index (χ0n) is 11.9. The number of hydrogen-bond donors (Lipinski definition) is 1. The summed E-state index contributed by atoms with van der Waals surface area (Å²) in [5, 5.41) is 3.11. The highest BCUT2D eigenvalue weighted by molar-refractivity contribution is 5.40. The summed E-state index contributed by atoms with van der Waals surface area (Å²) in [4.78, 5) is 0. The van der Waals surface area contributed by atoms with Gasteiger partial charge in [0.05, 0.1) is 0 Å². The van der Waals surface area contributed by atoms with Crippen LogP contribution in [-0.2, 0) is 6.54 Å². The minimum Gasteiger partial charge on any atom is -0.435 e. The summed E-state index contributed by atoms with van der Waals surface area (Å²) >= 11 is 0. The molecule has 1 rings (SSSR count). The van der Waals surface area contributed by atoms with Crippen LogP contribution in [0.25, 0.3) is 0 Å². The predicted molar refractivity (Wildman–Crippen MR) is 70.9 cm³/mol. The van der Waals surface area contributed by atoms with Gasteiger partial charge in [-0.25, -0.2) is 0 Å². The molecule has 0 aliphatic carbocycles. The van der Waals surface area contributed by atoms with Gasteiger partial charge in [-0.05, 0) is 18.5 Å². The Morgan fingerprint density at radius 2 is 1.76 bits per heavy atom. The molecular formula is C14H19F4NO2. The minimum atomic E-state index is -3.03. The van der Waals surface area contributed by atoms with Gasteiger partial charge < -0.3 is 14.8 Å². The highest BCUT2D eigenvalue weighted by atomic mass is 19.3. The zero-order valence-corrected chi connectivity index (χ0v) is 11.9. The van der Waals surface area contributed by atoms with Crippen molar-refractivity contribution in [2.75, 3.05) is 6.54 Å². The van der Waals surface area contributed by atoms with E-state index in [1.54, 1.807) is 0 Å². The average molecular weight is 309 g/mol. The van der Waals surface area contributed by atoms with E-state index in [9.17, 15) is 17.6 Å². The van der Waals surface area contributed by atoms with E-state index in [1.807, 2.05) is 6.92 Å². The van der Waals surface area contributed by atoms with Gasteiger partial charge >= 0.3 is 13.2 Å². The van der Waals surface area contributed by atoms with Crippen molar-refractivity contribution >= 4 is 0 Å². The maximum absolute atomic E-state index is 12.4. The molecule has 21 heavy (non-hydrogen) atoms. The SMILES string of the molecule is CCC(C)CNCc1ccc(OC(F)F)cc1OC(F)F. The maximum atomic E-state index is 12.4. The molecular weight excluding hydrogens is 290 g/mol. The highest BCUT2D eigenvalue weighted by Crippen LogP contribution is 2.27. The van der Waals surface area contributed by atoms with E-state index in [2.05, 4.69) is 21.7 Å². The molecule has 0 aliphatic heterocycles. The molecule has 0 heterocycles. The Labute approximate surface area is 121 Å². The molecule has 1 N–H and O–H groups in total. The Kier molecular flexibility index (Phi) is 7.28. The summed E-state index contributed by atoms with van der Waals surface area (Å²) < 4.78 is 57.5. The van der Waals surface area contributed by atoms with E-state index in [1.165, 1.54) is 12.1 Å². The van der Waals surface area contributed by atoms with E-state index in [0.29, 0.717) is 18.0 Å². The third-order valence-corrected chi connectivity index (χ3v) is 2.99. The third-order valence-electron chi connectivity index (χ3n) is 2.99. The quantitative estimate of drug-likeness (QED) is 0.699. The van der Waals surface area contributed by atoms with Gasteiger partial charge in [-0.2, -0.15) is 17.6 Å². The standard InChI is InChI=1S/C14H19F4NO2/c1-3-9(2)7-19-8-10-4-5-11(20-13(15)16)6-12(10)21-14(17)18/h4-6,9,13-14,19H,3,7-8H2,1-2H3. The molecule has 0 saturated carbocycles. The molecule has 120 valence electrons. The van der Waals surface area contributed by atoms with E-state index in [-0.39, 0.29) is 11.5 Å². The number of alkyl halides is 4. The largest absolute Gasteiger partial charge is 0.435 e. The molecule has 1 unspecified atom stereocenters. The normalized spacial score (nSPS) is 12.8. The van der Waals surface area contributed by atoms with Crippen LogP contribution in [0, 0.1) is 5.92 Å². The average Bonchev–Trinajstić information content (AvgIpc) is 2.39. The molecule has 1 aromatic rings. The molecule has 0 amide bonds. The Hall–Kier alpha value is -1.50. The van der Waals surface area contributed by atoms with E-state index in [4.69, 9.17) is 0 Å². The van der Waals surface area contributed by atoms with Gasteiger partial charge in [0, 0.05) is 18.2 Å². The van der Waals surface area contributed by atoms with E-state index in [0.717, 1.165) is 19.0 Å². The molecule has 0 bridgehead atoms. The Balaban J connectivity index is 2.76. The highest BCUT2D eigenvalue weighted by Gasteiger charge is 2.13. The summed E-state index contributed by atoms with van der Waals surface area (Å²) in [6.07, 6.45) is 0.995. The Bertz CT molecular complexity index is 429. The van der Waals surface area contributed by atoms with Gasteiger partial charge in [-0.1, -0.05) is 26.3 Å². The fraction of sp³-hybridized carbons (Fsp3) is 0.571. The predicted octanol–water partition coefficient (Wildman–Crippen LogP) is 4.03. The van der Waals surface area contributed by atoms with Crippen molar-refractivity contribution in [1.82, 2.24) is 5.32 Å². The summed E-state index contributed by atoms with van der Waals surface area (Å²) in [6, 6.07) is 3.77. The molecule has 0 saturated heterocycles. The van der Waals surface area contributed by atoms with E-state index < -0.39 is 13.2 Å². The lowest BCUT2D eigenvalue weighted by molar-refractivity contribution is -0.0546. The summed E-state index contributed by atoms with van der Waals surface area (Å²) in [5.41, 5.74) is 0.459. The van der Waals surface area contributed by atoms with Crippen LogP contribution in [0.15, 0.2) is 18.2 Å². The fourth-order valence-electron chi connectivity index (χ4n) is 1.66. The van der Waals surface area contributed by atoms with Crippen LogP contribution in [0.4, 0.5) is 17.6 Å². The Morgan fingerprint density at radius 3 is 2.33 bits per heavy atom. The van der Waals surface area contributed by atoms with Gasteiger partial charge in [0.2, 0.25) is 0 Å². The second-order valence-corrected chi connectivity index (χ2v) is 4.67. The van der Waals surface area contributed by atoms with Crippen LogP contribution in [0.2, 0.25) is 0 Å². The van der Waals surface area contributed by atoms with Crippen molar-refractivity contribution in [3.8, 4) is 11.5 Å². The zero-order chi connectivity index (χ0) is 15.8. The molecule has 0 aliphatic rings. The molecule has 0 aromatic heterocycles. The fourth-order valence-corrected chi connectivity index (χ4v) is 1.66. The third kappa shape index (κ3) is 6.66. The summed E-state index contributed by atoms with van der Waals surface area (Å²) in [6.45, 7) is -0.905. The number of hydrogen-bond acceptors (Lipinski definition) is 3. The van der Waals surface area contributed by atoms with Gasteiger partial charge in [0.1, 0.15) is 11.5 Å². The van der Waals surface area contributed by atoms with E-state index >= 15 is 0 Å². The van der Waals surface area contributed by atoms with Crippen molar-refractivity contribution in [3.63, 3.8) is 0 Å². The number of rotatable bonds is 9. The molecule has 3 nitrogen and oxygen atoms in total.